The highest BCUT2D eigenvalue weighted by atomic mass is 16.5. The molecule has 0 radical (unpaired) electrons. The lowest BCUT2D eigenvalue weighted by Gasteiger charge is -2.05. The minimum absolute atomic E-state index is 0.365. The Hall–Kier alpha value is -2.75. The number of carbonyl (C=O) groups excluding carboxylic acids is 1. The maximum absolute atomic E-state index is 11.1. The molecule has 2 aromatic carbocycles. The molecular weight excluding hydrogens is 276 g/mol. The number of nitrogens with one attached hydrogen (secondary N) is 1. The summed E-state index contributed by atoms with van der Waals surface area (Å²) in [5, 5.41) is 3.49. The third-order valence-corrected chi connectivity index (χ3v) is 3.25. The maximum Gasteiger partial charge on any atom is 0.330 e. The Morgan fingerprint density at radius 2 is 1.91 bits per heavy atom. The van der Waals surface area contributed by atoms with E-state index in [4.69, 9.17) is 5.53 Å². The number of rotatable bonds is 5. The Morgan fingerprint density at radius 3 is 2.55 bits per heavy atom. The minimum atomic E-state index is -0.365. The lowest BCUT2D eigenvalue weighted by atomic mass is 10.0. The van der Waals surface area contributed by atoms with Crippen molar-refractivity contribution in [2.75, 3.05) is 7.11 Å². The largest absolute Gasteiger partial charge is 0.466 e. The summed E-state index contributed by atoms with van der Waals surface area (Å²) in [5.74, 6) is -0.365. The van der Waals surface area contributed by atoms with E-state index in [2.05, 4.69) is 15.9 Å². The molecule has 0 fully saturated rings. The first-order valence-corrected chi connectivity index (χ1v) is 6.93. The Labute approximate surface area is 130 Å². The second-order valence-corrected chi connectivity index (χ2v) is 5.06. The Bertz CT molecular complexity index is 704. The molecule has 0 saturated carbocycles. The third kappa shape index (κ3) is 4.38. The van der Waals surface area contributed by atoms with Gasteiger partial charge in [0.1, 0.15) is 0 Å². The number of hydrogen-bond donors (Lipinski definition) is 1. The molecule has 0 aliphatic heterocycles. The molecule has 0 saturated heterocycles. The smallest absolute Gasteiger partial charge is 0.330 e. The van der Waals surface area contributed by atoms with Gasteiger partial charge in [0.2, 0.25) is 0 Å². The van der Waals surface area contributed by atoms with Crippen LogP contribution in [0.2, 0.25) is 0 Å². The van der Waals surface area contributed by atoms with Gasteiger partial charge in [-0.15, -0.1) is 0 Å². The Balaban J connectivity index is 2.11. The molecule has 2 rings (SSSR count). The van der Waals surface area contributed by atoms with Crippen LogP contribution in [0.15, 0.2) is 53.7 Å². The van der Waals surface area contributed by atoms with Crippen LogP contribution in [-0.4, -0.2) is 13.1 Å². The summed E-state index contributed by atoms with van der Waals surface area (Å²) < 4.78 is 4.56. The van der Waals surface area contributed by atoms with Crippen LogP contribution < -0.4 is 0 Å². The van der Waals surface area contributed by atoms with Crippen molar-refractivity contribution in [2.45, 2.75) is 13.3 Å². The molecule has 4 heteroatoms. The summed E-state index contributed by atoms with van der Waals surface area (Å²) in [5.41, 5.74) is 12.1. The monoisotopic (exact) mass is 294 g/mol. The van der Waals surface area contributed by atoms with Gasteiger partial charge in [0.15, 0.2) is 0 Å². The van der Waals surface area contributed by atoms with E-state index in [1.807, 2.05) is 43.3 Å². The summed E-state index contributed by atoms with van der Waals surface area (Å²) in [6.07, 6.45) is 3.90. The molecule has 0 unspecified atom stereocenters. The summed E-state index contributed by atoms with van der Waals surface area (Å²) in [4.78, 5) is 11.1. The van der Waals surface area contributed by atoms with Crippen LogP contribution in [0.4, 0.5) is 5.69 Å². The number of hydrogen-bond acceptors (Lipinski definition) is 4. The molecule has 4 nitrogen and oxygen atoms in total. The first kappa shape index (κ1) is 15.6. The van der Waals surface area contributed by atoms with Crippen molar-refractivity contribution in [1.29, 1.82) is 5.53 Å². The zero-order valence-electron chi connectivity index (χ0n) is 12.7. The van der Waals surface area contributed by atoms with Gasteiger partial charge in [-0.1, -0.05) is 30.3 Å². The number of esters is 1. The summed E-state index contributed by atoms with van der Waals surface area (Å²) in [7, 11) is 1.36. The highest BCUT2D eigenvalue weighted by Crippen LogP contribution is 2.20. The van der Waals surface area contributed by atoms with Crippen molar-refractivity contribution in [3.05, 3.63) is 70.8 Å². The highest BCUT2D eigenvalue weighted by molar-refractivity contribution is 5.86. The molecule has 0 aliphatic carbocycles. The Morgan fingerprint density at radius 1 is 1.18 bits per heavy atom. The number of methoxy groups -OCH3 is 1. The van der Waals surface area contributed by atoms with Gasteiger partial charge in [-0.05, 0) is 53.8 Å². The molecule has 0 spiro atoms. The van der Waals surface area contributed by atoms with E-state index in [-0.39, 0.29) is 5.97 Å². The van der Waals surface area contributed by atoms with Crippen LogP contribution >= 0.6 is 0 Å². The van der Waals surface area contributed by atoms with Crippen molar-refractivity contribution in [3.63, 3.8) is 0 Å². The molecular formula is C18H18N2O2. The van der Waals surface area contributed by atoms with Crippen LogP contribution in [0.3, 0.4) is 0 Å². The van der Waals surface area contributed by atoms with Gasteiger partial charge in [-0.2, -0.15) is 5.11 Å². The molecule has 0 aromatic heterocycles. The van der Waals surface area contributed by atoms with Gasteiger partial charge in [0, 0.05) is 6.08 Å². The maximum atomic E-state index is 11.1. The molecule has 22 heavy (non-hydrogen) atoms. The minimum Gasteiger partial charge on any atom is -0.466 e. The number of ether oxygens (including phenoxy) is 1. The zero-order chi connectivity index (χ0) is 15.9. The molecule has 0 aliphatic rings. The highest BCUT2D eigenvalue weighted by Gasteiger charge is 2.01. The van der Waals surface area contributed by atoms with Gasteiger partial charge < -0.3 is 4.74 Å². The Kier molecular flexibility index (Phi) is 5.20. The fraction of sp³-hybridized carbons (Fsp3) is 0.167. The predicted molar refractivity (Wildman–Crippen MR) is 86.3 cm³/mol. The standard InChI is InChI=1S/C18H18N2O2/c1-13-9-16(12-17(10-13)20-19)11-15-5-3-14(4-6-15)7-8-18(21)22-2/h3-10,12,19H,11H2,1-2H3/b8-7+,20-19?. The second-order valence-electron chi connectivity index (χ2n) is 5.06. The number of carbonyl (C=O) groups is 1. The molecule has 112 valence electrons. The number of nitrogens with zero attached hydrogens (tertiary/aromatic N) is 1. The lowest BCUT2D eigenvalue weighted by molar-refractivity contribution is -0.134. The predicted octanol–water partition coefficient (Wildman–Crippen LogP) is 4.43. The normalized spacial score (nSPS) is 10.6. The van der Waals surface area contributed by atoms with Crippen LogP contribution in [0.1, 0.15) is 22.3 Å². The van der Waals surface area contributed by atoms with E-state index < -0.39 is 0 Å². The van der Waals surface area contributed by atoms with Gasteiger partial charge in [-0.3, -0.25) is 0 Å². The quantitative estimate of drug-likeness (QED) is 0.503. The van der Waals surface area contributed by atoms with Crippen LogP contribution in [0.25, 0.3) is 6.08 Å². The van der Waals surface area contributed by atoms with Crippen molar-refractivity contribution in [1.82, 2.24) is 0 Å². The third-order valence-electron chi connectivity index (χ3n) is 3.25. The average Bonchev–Trinajstić information content (AvgIpc) is 2.53. The second kappa shape index (κ2) is 7.31. The topological polar surface area (TPSA) is 62.5 Å². The van der Waals surface area contributed by atoms with E-state index >= 15 is 0 Å². The van der Waals surface area contributed by atoms with Gasteiger partial charge >= 0.3 is 5.97 Å². The van der Waals surface area contributed by atoms with E-state index in [0.29, 0.717) is 5.69 Å². The van der Waals surface area contributed by atoms with Crippen molar-refractivity contribution < 1.29 is 9.53 Å². The van der Waals surface area contributed by atoms with E-state index in [0.717, 1.165) is 28.7 Å². The van der Waals surface area contributed by atoms with Gasteiger partial charge in [0.25, 0.3) is 0 Å². The number of benzene rings is 2. The fourth-order valence-electron chi connectivity index (χ4n) is 2.22. The van der Waals surface area contributed by atoms with Crippen LogP contribution in [0.5, 0.6) is 0 Å². The SMILES string of the molecule is COC(=O)/C=C/c1ccc(Cc2cc(C)cc(N=N)c2)cc1. The molecule has 2 aromatic rings. The molecule has 0 atom stereocenters. The van der Waals surface area contributed by atoms with E-state index in [9.17, 15) is 4.79 Å². The molecule has 0 bridgehead atoms. The first-order valence-electron chi connectivity index (χ1n) is 6.93. The molecule has 0 heterocycles. The number of aryl methyl sites for hydroxylation is 1. The van der Waals surface area contributed by atoms with Crippen molar-refractivity contribution in [2.24, 2.45) is 5.11 Å². The zero-order valence-corrected chi connectivity index (χ0v) is 12.7. The van der Waals surface area contributed by atoms with E-state index in [1.165, 1.54) is 13.2 Å². The van der Waals surface area contributed by atoms with Crippen molar-refractivity contribution in [3.8, 4) is 0 Å². The van der Waals surface area contributed by atoms with Crippen LogP contribution in [0, 0.1) is 12.5 Å². The van der Waals surface area contributed by atoms with Crippen LogP contribution in [-0.2, 0) is 16.0 Å². The lowest BCUT2D eigenvalue weighted by Crippen LogP contribution is -1.93. The summed E-state index contributed by atoms with van der Waals surface area (Å²) in [6, 6.07) is 13.9. The summed E-state index contributed by atoms with van der Waals surface area (Å²) in [6.45, 7) is 2.00. The average molecular weight is 294 g/mol. The molecule has 0 amide bonds. The first-order chi connectivity index (χ1) is 10.6. The fourth-order valence-corrected chi connectivity index (χ4v) is 2.22. The summed E-state index contributed by atoms with van der Waals surface area (Å²) >= 11 is 0. The van der Waals surface area contributed by atoms with Crippen molar-refractivity contribution >= 4 is 17.7 Å². The van der Waals surface area contributed by atoms with E-state index in [1.54, 1.807) is 6.08 Å². The molecule has 1 N–H and O–H groups in total. The van der Waals surface area contributed by atoms with Gasteiger partial charge in [-0.25, -0.2) is 10.3 Å². The van der Waals surface area contributed by atoms with Gasteiger partial charge in [0.05, 0.1) is 12.8 Å².